The second kappa shape index (κ2) is 7.90. The first-order valence-corrected chi connectivity index (χ1v) is 5.92. The predicted molar refractivity (Wildman–Crippen MR) is 71.7 cm³/mol. The van der Waals surface area contributed by atoms with Gasteiger partial charge in [-0.2, -0.15) is 5.26 Å². The molecular weight excluding hydrogens is 242 g/mol. The summed E-state index contributed by atoms with van der Waals surface area (Å²) < 4.78 is 0. The zero-order chi connectivity index (χ0) is 14.1. The summed E-state index contributed by atoms with van der Waals surface area (Å²) in [5.41, 5.74) is 0.990. The number of nitrogens with one attached hydrogen (secondary N) is 1. The third-order valence-electron chi connectivity index (χ3n) is 2.46. The summed E-state index contributed by atoms with van der Waals surface area (Å²) in [6, 6.07) is 11.3. The number of aliphatic hydroxyl groups excluding tert-OH is 1. The number of amides is 1. The fraction of sp³-hybridized carbons (Fsp3) is 0.286. The lowest BCUT2D eigenvalue weighted by molar-refractivity contribution is -0.117. The molecule has 0 aliphatic carbocycles. The topological polar surface area (TPSA) is 76.4 Å². The summed E-state index contributed by atoms with van der Waals surface area (Å²) >= 11 is 0. The lowest BCUT2D eigenvalue weighted by Gasteiger charge is -2.12. The number of carbonyl (C=O) groups excluding carboxylic acids is 1. The van der Waals surface area contributed by atoms with E-state index < -0.39 is 5.91 Å². The highest BCUT2D eigenvalue weighted by molar-refractivity contribution is 5.97. The smallest absolute Gasteiger partial charge is 0.263 e. The molecule has 0 fully saturated rings. The van der Waals surface area contributed by atoms with Gasteiger partial charge in [-0.15, -0.1) is 0 Å². The average Bonchev–Trinajstić information content (AvgIpc) is 2.43. The van der Waals surface area contributed by atoms with Crippen LogP contribution < -0.4 is 5.32 Å². The third kappa shape index (κ3) is 5.23. The monoisotopic (exact) mass is 259 g/mol. The summed E-state index contributed by atoms with van der Waals surface area (Å²) in [5.74, 6) is -0.420. The van der Waals surface area contributed by atoms with Crippen molar-refractivity contribution in [2.75, 3.05) is 20.2 Å². The molecule has 1 aromatic carbocycles. The fourth-order valence-corrected chi connectivity index (χ4v) is 1.45. The second-order valence-corrected chi connectivity index (χ2v) is 4.03. The highest BCUT2D eigenvalue weighted by Gasteiger charge is 2.09. The van der Waals surface area contributed by atoms with E-state index >= 15 is 0 Å². The normalized spacial score (nSPS) is 10.7. The largest absolute Gasteiger partial charge is 0.395 e. The van der Waals surface area contributed by atoms with Gasteiger partial charge in [0, 0.05) is 26.3 Å². The molecule has 0 spiro atoms. The molecule has 2 N–H and O–H groups in total. The van der Waals surface area contributed by atoms with E-state index in [0.717, 1.165) is 5.56 Å². The minimum atomic E-state index is -0.420. The van der Waals surface area contributed by atoms with Gasteiger partial charge in [-0.1, -0.05) is 30.3 Å². The number of nitriles is 1. The highest BCUT2D eigenvalue weighted by Crippen LogP contribution is 2.00. The Hall–Kier alpha value is -2.32. The maximum absolute atomic E-state index is 11.8. The van der Waals surface area contributed by atoms with Crippen LogP contribution in [0.1, 0.15) is 5.56 Å². The minimum Gasteiger partial charge on any atom is -0.395 e. The van der Waals surface area contributed by atoms with Gasteiger partial charge in [0.15, 0.2) is 0 Å². The van der Waals surface area contributed by atoms with E-state index in [0.29, 0.717) is 13.1 Å². The van der Waals surface area contributed by atoms with Gasteiger partial charge in [-0.3, -0.25) is 4.79 Å². The quantitative estimate of drug-likeness (QED) is 0.580. The van der Waals surface area contributed by atoms with E-state index in [-0.39, 0.29) is 12.2 Å². The van der Waals surface area contributed by atoms with Gasteiger partial charge in [-0.25, -0.2) is 0 Å². The van der Waals surface area contributed by atoms with Crippen LogP contribution >= 0.6 is 0 Å². The molecule has 1 amide bonds. The molecule has 5 heteroatoms. The van der Waals surface area contributed by atoms with Gasteiger partial charge in [0.25, 0.3) is 5.91 Å². The van der Waals surface area contributed by atoms with Crippen molar-refractivity contribution in [3.63, 3.8) is 0 Å². The molecule has 0 aliphatic heterocycles. The number of nitrogens with zero attached hydrogens (tertiary/aromatic N) is 2. The van der Waals surface area contributed by atoms with Crippen LogP contribution in [-0.4, -0.2) is 36.1 Å². The van der Waals surface area contributed by atoms with E-state index in [1.165, 1.54) is 6.20 Å². The number of hydrogen-bond donors (Lipinski definition) is 2. The molecule has 0 unspecified atom stereocenters. The van der Waals surface area contributed by atoms with Gasteiger partial charge in [0.2, 0.25) is 0 Å². The first-order valence-electron chi connectivity index (χ1n) is 5.92. The molecule has 1 rings (SSSR count). The van der Waals surface area contributed by atoms with Crippen LogP contribution in [0.5, 0.6) is 0 Å². The number of aliphatic hydroxyl groups is 1. The first-order chi connectivity index (χ1) is 9.17. The van der Waals surface area contributed by atoms with Crippen LogP contribution in [0.3, 0.4) is 0 Å². The highest BCUT2D eigenvalue weighted by atomic mass is 16.3. The zero-order valence-electron chi connectivity index (χ0n) is 10.8. The molecule has 5 nitrogen and oxygen atoms in total. The molecule has 0 bridgehead atoms. The SMILES string of the molecule is CN(/C=C(/C#N)C(=O)NCc1ccccc1)CCO. The Morgan fingerprint density at radius 1 is 1.47 bits per heavy atom. The van der Waals surface area contributed by atoms with Crippen molar-refractivity contribution < 1.29 is 9.90 Å². The average molecular weight is 259 g/mol. The number of hydrogen-bond acceptors (Lipinski definition) is 4. The van der Waals surface area contributed by atoms with Crippen molar-refractivity contribution in [1.82, 2.24) is 10.2 Å². The minimum absolute atomic E-state index is 0.0203. The van der Waals surface area contributed by atoms with Crippen molar-refractivity contribution in [3.05, 3.63) is 47.7 Å². The molecule has 0 atom stereocenters. The second-order valence-electron chi connectivity index (χ2n) is 4.03. The summed E-state index contributed by atoms with van der Waals surface area (Å²) in [6.45, 7) is 0.719. The molecular formula is C14H17N3O2. The van der Waals surface area contributed by atoms with Gasteiger partial charge >= 0.3 is 0 Å². The van der Waals surface area contributed by atoms with Crippen molar-refractivity contribution in [3.8, 4) is 6.07 Å². The molecule has 1 aromatic rings. The summed E-state index contributed by atoms with van der Waals surface area (Å²) in [6.07, 6.45) is 1.43. The van der Waals surface area contributed by atoms with Crippen molar-refractivity contribution in [1.29, 1.82) is 5.26 Å². The molecule has 0 saturated heterocycles. The van der Waals surface area contributed by atoms with Crippen molar-refractivity contribution >= 4 is 5.91 Å². The van der Waals surface area contributed by atoms with Crippen LogP contribution in [0.2, 0.25) is 0 Å². The van der Waals surface area contributed by atoms with Gasteiger partial charge in [-0.05, 0) is 5.56 Å². The lowest BCUT2D eigenvalue weighted by Crippen LogP contribution is -2.26. The first kappa shape index (κ1) is 14.7. The number of benzene rings is 1. The van der Waals surface area contributed by atoms with Crippen LogP contribution in [0.25, 0.3) is 0 Å². The Morgan fingerprint density at radius 3 is 2.74 bits per heavy atom. The van der Waals surface area contributed by atoms with Crippen molar-refractivity contribution in [2.45, 2.75) is 6.54 Å². The number of likely N-dealkylation sites (N-methyl/N-ethyl adjacent to an activating group) is 1. The van der Waals surface area contributed by atoms with Crippen LogP contribution in [-0.2, 0) is 11.3 Å². The third-order valence-corrected chi connectivity index (χ3v) is 2.46. The maximum atomic E-state index is 11.8. The van der Waals surface area contributed by atoms with Gasteiger partial charge in [0.1, 0.15) is 11.6 Å². The molecule has 100 valence electrons. The van der Waals surface area contributed by atoms with Gasteiger partial charge < -0.3 is 15.3 Å². The fourth-order valence-electron chi connectivity index (χ4n) is 1.45. The van der Waals surface area contributed by atoms with Crippen LogP contribution in [0.15, 0.2) is 42.1 Å². The van der Waals surface area contributed by atoms with E-state index in [2.05, 4.69) is 5.32 Å². The van der Waals surface area contributed by atoms with Crippen molar-refractivity contribution in [2.24, 2.45) is 0 Å². The van der Waals surface area contributed by atoms with E-state index in [1.54, 1.807) is 11.9 Å². The molecule has 0 saturated carbocycles. The molecule has 0 radical (unpaired) electrons. The van der Waals surface area contributed by atoms with Crippen LogP contribution in [0.4, 0.5) is 0 Å². The Bertz CT molecular complexity index is 477. The summed E-state index contributed by atoms with van der Waals surface area (Å²) in [7, 11) is 1.69. The summed E-state index contributed by atoms with van der Waals surface area (Å²) in [4.78, 5) is 13.4. The van der Waals surface area contributed by atoms with E-state index in [4.69, 9.17) is 10.4 Å². The zero-order valence-corrected chi connectivity index (χ0v) is 10.8. The maximum Gasteiger partial charge on any atom is 0.263 e. The molecule has 19 heavy (non-hydrogen) atoms. The van der Waals surface area contributed by atoms with E-state index in [9.17, 15) is 4.79 Å². The Kier molecular flexibility index (Phi) is 6.13. The standard InChI is InChI=1S/C14H17N3O2/c1-17(7-8-18)11-13(9-15)14(19)16-10-12-5-3-2-4-6-12/h2-6,11,18H,7-8,10H2,1H3,(H,16,19)/b13-11-. The molecule has 0 aliphatic rings. The van der Waals surface area contributed by atoms with E-state index in [1.807, 2.05) is 36.4 Å². The number of carbonyl (C=O) groups is 1. The predicted octanol–water partition coefficient (Wildman–Crippen LogP) is 0.634. The van der Waals surface area contributed by atoms with Gasteiger partial charge in [0.05, 0.1) is 6.61 Å². The molecule has 0 heterocycles. The number of rotatable bonds is 6. The Balaban J connectivity index is 2.58. The lowest BCUT2D eigenvalue weighted by atomic mass is 10.2. The Morgan fingerprint density at radius 2 is 2.16 bits per heavy atom. The Labute approximate surface area is 112 Å². The van der Waals surface area contributed by atoms with Crippen LogP contribution in [0, 0.1) is 11.3 Å². The summed E-state index contributed by atoms with van der Waals surface area (Å²) in [5, 5.41) is 20.4. The molecule has 0 aromatic heterocycles.